The minimum Gasteiger partial charge on any atom is -0.493 e. The Labute approximate surface area is 227 Å². The summed E-state index contributed by atoms with van der Waals surface area (Å²) >= 11 is 0. The molecule has 0 spiro atoms. The van der Waals surface area contributed by atoms with Crippen LogP contribution in [0.1, 0.15) is 56.9 Å². The Kier molecular flexibility index (Phi) is 12.6. The Hall–Kier alpha value is -3.38. The molecule has 0 aliphatic rings. The summed E-state index contributed by atoms with van der Waals surface area (Å²) in [4.78, 5) is 26.8. The molecule has 0 aromatic heterocycles. The fourth-order valence-electron chi connectivity index (χ4n) is 4.50. The van der Waals surface area contributed by atoms with E-state index in [-0.39, 0.29) is 30.9 Å². The van der Waals surface area contributed by atoms with Crippen molar-refractivity contribution >= 4 is 22.6 Å². The second-order valence-electron chi connectivity index (χ2n) is 10.1. The molecule has 0 fully saturated rings. The largest absolute Gasteiger partial charge is 0.493 e. The van der Waals surface area contributed by atoms with Gasteiger partial charge in [0.1, 0.15) is 12.4 Å². The third-order valence-electron chi connectivity index (χ3n) is 6.41. The van der Waals surface area contributed by atoms with Gasteiger partial charge < -0.3 is 19.7 Å². The summed E-state index contributed by atoms with van der Waals surface area (Å²) in [6.45, 7) is 1.56. The molecule has 6 nitrogen and oxygen atoms in total. The van der Waals surface area contributed by atoms with Crippen LogP contribution in [0.2, 0.25) is 0 Å². The van der Waals surface area contributed by atoms with Crippen molar-refractivity contribution in [3.05, 3.63) is 78.4 Å². The van der Waals surface area contributed by atoms with Gasteiger partial charge in [0.05, 0.1) is 19.1 Å². The number of esters is 1. The zero-order chi connectivity index (χ0) is 27.0. The van der Waals surface area contributed by atoms with Crippen LogP contribution in [0.25, 0.3) is 10.8 Å². The zero-order valence-electron chi connectivity index (χ0n) is 22.9. The number of unbranched alkanes of at least 4 members (excludes halogenated alkanes) is 5. The van der Waals surface area contributed by atoms with Gasteiger partial charge in [-0.1, -0.05) is 92.4 Å². The number of hydrogen-bond donors (Lipinski definition) is 1. The number of fused-ring (bicyclic) bond motifs is 1. The molecule has 3 rings (SSSR count). The normalized spacial score (nSPS) is 11.9. The first-order valence-corrected chi connectivity index (χ1v) is 13.8. The molecule has 0 heterocycles. The third kappa shape index (κ3) is 10.9. The summed E-state index contributed by atoms with van der Waals surface area (Å²) in [6.07, 6.45) is 6.90. The lowest BCUT2D eigenvalue weighted by molar-refractivity contribution is -0.145. The lowest BCUT2D eigenvalue weighted by Gasteiger charge is -2.22. The van der Waals surface area contributed by atoms with Gasteiger partial charge in [-0.05, 0) is 44.0 Å². The number of carbonyl (C=O) groups excluding carboxylic acids is 2. The summed E-state index contributed by atoms with van der Waals surface area (Å²) in [5.74, 6) is 0.646. The minimum absolute atomic E-state index is 0.00352. The number of benzene rings is 3. The molecule has 0 aliphatic carbocycles. The first kappa shape index (κ1) is 29.2. The van der Waals surface area contributed by atoms with Gasteiger partial charge in [0.25, 0.3) is 0 Å². The number of carbonyl (C=O) groups is 2. The molecular formula is C32H42N2O4. The summed E-state index contributed by atoms with van der Waals surface area (Å²) in [6, 6.07) is 23.8. The predicted octanol–water partition coefficient (Wildman–Crippen LogP) is 6.13. The number of likely N-dealkylation sites (N-methyl/N-ethyl adjacent to an activating group) is 1. The van der Waals surface area contributed by atoms with Crippen LogP contribution in [0.4, 0.5) is 0 Å². The van der Waals surface area contributed by atoms with E-state index in [1.807, 2.05) is 73.6 Å². The van der Waals surface area contributed by atoms with Crippen LogP contribution in [0.15, 0.2) is 72.8 Å². The van der Waals surface area contributed by atoms with Crippen LogP contribution in [-0.2, 0) is 20.9 Å². The van der Waals surface area contributed by atoms with Gasteiger partial charge in [-0.3, -0.25) is 9.59 Å². The number of nitrogens with one attached hydrogen (secondary N) is 1. The Bertz CT molecular complexity index is 1110. The average molecular weight is 519 g/mol. The van der Waals surface area contributed by atoms with Gasteiger partial charge in [-0.2, -0.15) is 0 Å². The molecule has 0 radical (unpaired) electrons. The minimum atomic E-state index is -0.301. The summed E-state index contributed by atoms with van der Waals surface area (Å²) < 4.78 is 11.4. The molecule has 0 unspecified atom stereocenters. The van der Waals surface area contributed by atoms with Crippen LogP contribution in [0, 0.1) is 0 Å². The predicted molar refractivity (Wildman–Crippen MR) is 153 cm³/mol. The molecule has 0 saturated heterocycles. The van der Waals surface area contributed by atoms with Gasteiger partial charge >= 0.3 is 5.97 Å². The fraction of sp³-hybridized carbons (Fsp3) is 0.438. The maximum absolute atomic E-state index is 12.5. The maximum Gasteiger partial charge on any atom is 0.308 e. The van der Waals surface area contributed by atoms with Gasteiger partial charge in [0.2, 0.25) is 5.91 Å². The van der Waals surface area contributed by atoms with Gasteiger partial charge in [-0.15, -0.1) is 0 Å². The van der Waals surface area contributed by atoms with Crippen LogP contribution in [-0.4, -0.2) is 50.1 Å². The van der Waals surface area contributed by atoms with Crippen molar-refractivity contribution in [2.45, 2.75) is 64.0 Å². The Morgan fingerprint density at radius 1 is 0.816 bits per heavy atom. The lowest BCUT2D eigenvalue weighted by Crippen LogP contribution is -2.43. The summed E-state index contributed by atoms with van der Waals surface area (Å²) in [5.41, 5.74) is 0.950. The quantitative estimate of drug-likeness (QED) is 0.172. The van der Waals surface area contributed by atoms with Crippen LogP contribution in [0.5, 0.6) is 5.75 Å². The molecule has 38 heavy (non-hydrogen) atoms. The average Bonchev–Trinajstić information content (AvgIpc) is 2.91. The molecule has 6 heteroatoms. The highest BCUT2D eigenvalue weighted by Gasteiger charge is 2.18. The smallest absolute Gasteiger partial charge is 0.308 e. The van der Waals surface area contributed by atoms with E-state index in [2.05, 4.69) is 23.5 Å². The molecule has 1 N–H and O–H groups in total. The SMILES string of the molecule is CN(C)C[C@@H](CC(=O)OCc1ccccc1)NC(=O)CCCCCCCCOc1cccc2ccccc12. The highest BCUT2D eigenvalue weighted by molar-refractivity contribution is 5.88. The van der Waals surface area contributed by atoms with E-state index in [4.69, 9.17) is 9.47 Å². The first-order valence-electron chi connectivity index (χ1n) is 13.8. The Morgan fingerprint density at radius 3 is 2.29 bits per heavy atom. The summed E-state index contributed by atoms with van der Waals surface area (Å²) in [7, 11) is 3.86. The van der Waals surface area contributed by atoms with Crippen molar-refractivity contribution < 1.29 is 19.1 Å². The van der Waals surface area contributed by atoms with Crippen LogP contribution in [0.3, 0.4) is 0 Å². The van der Waals surface area contributed by atoms with Crippen molar-refractivity contribution in [1.29, 1.82) is 0 Å². The molecule has 0 aliphatic heterocycles. The third-order valence-corrected chi connectivity index (χ3v) is 6.41. The fourth-order valence-corrected chi connectivity index (χ4v) is 4.50. The molecule has 3 aromatic carbocycles. The molecular weight excluding hydrogens is 476 g/mol. The van der Waals surface area contributed by atoms with E-state index in [0.717, 1.165) is 61.8 Å². The van der Waals surface area contributed by atoms with E-state index in [0.29, 0.717) is 13.0 Å². The molecule has 0 saturated carbocycles. The zero-order valence-corrected chi connectivity index (χ0v) is 22.9. The second-order valence-corrected chi connectivity index (χ2v) is 10.1. The number of hydrogen-bond acceptors (Lipinski definition) is 5. The Morgan fingerprint density at radius 2 is 1.50 bits per heavy atom. The van der Waals surface area contributed by atoms with E-state index >= 15 is 0 Å². The molecule has 204 valence electrons. The van der Waals surface area contributed by atoms with Gasteiger partial charge in [0, 0.05) is 18.4 Å². The van der Waals surface area contributed by atoms with Crippen molar-refractivity contribution in [3.8, 4) is 5.75 Å². The molecule has 1 atom stereocenters. The van der Waals surface area contributed by atoms with E-state index < -0.39 is 0 Å². The highest BCUT2D eigenvalue weighted by Crippen LogP contribution is 2.25. The van der Waals surface area contributed by atoms with Crippen molar-refractivity contribution in [3.63, 3.8) is 0 Å². The van der Waals surface area contributed by atoms with E-state index in [1.54, 1.807) is 0 Å². The maximum atomic E-state index is 12.5. The summed E-state index contributed by atoms with van der Waals surface area (Å²) in [5, 5.41) is 5.38. The number of ether oxygens (including phenoxy) is 2. The van der Waals surface area contributed by atoms with Gasteiger partial charge in [-0.25, -0.2) is 0 Å². The van der Waals surface area contributed by atoms with Crippen molar-refractivity contribution in [2.75, 3.05) is 27.2 Å². The monoisotopic (exact) mass is 518 g/mol. The van der Waals surface area contributed by atoms with Crippen LogP contribution >= 0.6 is 0 Å². The van der Waals surface area contributed by atoms with E-state index in [1.165, 1.54) is 5.39 Å². The van der Waals surface area contributed by atoms with Crippen LogP contribution < -0.4 is 10.1 Å². The Balaban J connectivity index is 1.25. The number of amides is 1. The molecule has 0 bridgehead atoms. The lowest BCUT2D eigenvalue weighted by atomic mass is 10.1. The van der Waals surface area contributed by atoms with Crippen molar-refractivity contribution in [2.24, 2.45) is 0 Å². The first-order chi connectivity index (χ1) is 18.5. The number of nitrogens with zero attached hydrogens (tertiary/aromatic N) is 1. The standard InChI is InChI=1S/C32H42N2O4/c1-34(2)24-28(23-32(36)38-25-26-15-8-7-9-16-26)33-31(35)21-10-5-3-4-6-13-22-37-30-20-14-18-27-17-11-12-19-29(27)30/h7-9,11-12,14-20,28H,3-6,10,13,21-25H2,1-2H3,(H,33,35)/t28-/m1/s1. The van der Waals surface area contributed by atoms with Gasteiger partial charge in [0.15, 0.2) is 0 Å². The highest BCUT2D eigenvalue weighted by atomic mass is 16.5. The second kappa shape index (κ2) is 16.5. The van der Waals surface area contributed by atoms with E-state index in [9.17, 15) is 9.59 Å². The topological polar surface area (TPSA) is 67.9 Å². The molecule has 3 aromatic rings. The van der Waals surface area contributed by atoms with Crippen molar-refractivity contribution in [1.82, 2.24) is 10.2 Å². The molecule has 1 amide bonds. The number of rotatable bonds is 17.